The van der Waals surface area contributed by atoms with Gasteiger partial charge in [-0.25, -0.2) is 5.43 Å². The molecule has 0 aliphatic heterocycles. The number of rotatable bonds is 8. The van der Waals surface area contributed by atoms with Crippen LogP contribution in [0.1, 0.15) is 12.5 Å². The summed E-state index contributed by atoms with van der Waals surface area (Å²) in [4.78, 5) is 35.0. The number of para-hydroxylation sites is 1. The molecule has 9 nitrogen and oxygen atoms in total. The number of methoxy groups -OCH3 is 1. The summed E-state index contributed by atoms with van der Waals surface area (Å²) in [5.41, 5.74) is 3.36. The molecular weight excluding hydrogens is 456 g/mol. The summed E-state index contributed by atoms with van der Waals surface area (Å²) >= 11 is 3.37. The number of nitrogens with zero attached hydrogens (tertiary/aromatic N) is 1. The summed E-state index contributed by atoms with van der Waals surface area (Å²) in [6.45, 7) is 1.82. The number of benzene rings is 2. The molecule has 3 N–H and O–H groups in total. The molecule has 0 aliphatic carbocycles. The van der Waals surface area contributed by atoms with Crippen LogP contribution in [0.15, 0.2) is 52.0 Å². The number of nitrogens with one attached hydrogen (secondary N) is 3. The van der Waals surface area contributed by atoms with Gasteiger partial charge < -0.3 is 20.1 Å². The predicted octanol–water partition coefficient (Wildman–Crippen LogP) is 2.06. The van der Waals surface area contributed by atoms with Gasteiger partial charge in [0.05, 0.1) is 17.8 Å². The van der Waals surface area contributed by atoms with Crippen molar-refractivity contribution in [3.05, 3.63) is 52.5 Å². The maximum absolute atomic E-state index is 12.1. The Morgan fingerprint density at radius 2 is 1.87 bits per heavy atom. The number of likely N-dealkylation sites (N-methyl/N-ethyl adjacent to an activating group) is 1. The summed E-state index contributed by atoms with van der Waals surface area (Å²) in [6.07, 6.45) is 1.34. The summed E-state index contributed by atoms with van der Waals surface area (Å²) in [6, 6.07) is 12.3. The van der Waals surface area contributed by atoms with Gasteiger partial charge in [-0.3, -0.25) is 14.4 Å². The largest absolute Gasteiger partial charge is 0.493 e. The standard InChI is InChI=1S/C20H21BrN4O5/c1-3-22-19(27)20(28)25-23-11-13-9-15(21)18(16(10-13)29-2)30-12-17(26)24-14-7-5-4-6-8-14/h4-11H,3,12H2,1-2H3,(H,22,27)(H,24,26)(H,25,28)/b23-11-. The molecule has 158 valence electrons. The van der Waals surface area contributed by atoms with Crippen molar-refractivity contribution in [2.75, 3.05) is 25.6 Å². The molecule has 2 aromatic rings. The van der Waals surface area contributed by atoms with Crippen LogP contribution >= 0.6 is 15.9 Å². The van der Waals surface area contributed by atoms with Gasteiger partial charge >= 0.3 is 11.8 Å². The van der Waals surface area contributed by atoms with Gasteiger partial charge in [0.15, 0.2) is 18.1 Å². The fourth-order valence-electron chi connectivity index (χ4n) is 2.27. The average Bonchev–Trinajstić information content (AvgIpc) is 2.73. The lowest BCUT2D eigenvalue weighted by atomic mass is 10.2. The summed E-state index contributed by atoms with van der Waals surface area (Å²) in [5, 5.41) is 8.83. The van der Waals surface area contributed by atoms with E-state index >= 15 is 0 Å². The molecule has 0 saturated heterocycles. The lowest BCUT2D eigenvalue weighted by Gasteiger charge is -2.13. The number of ether oxygens (including phenoxy) is 2. The Bertz CT molecular complexity index is 934. The molecule has 0 fully saturated rings. The first-order valence-corrected chi connectivity index (χ1v) is 9.70. The lowest BCUT2D eigenvalue weighted by Crippen LogP contribution is -2.37. The minimum Gasteiger partial charge on any atom is -0.493 e. The minimum absolute atomic E-state index is 0.222. The fraction of sp³-hybridized carbons (Fsp3) is 0.200. The number of hydrazone groups is 1. The van der Waals surface area contributed by atoms with Crippen LogP contribution in [0.25, 0.3) is 0 Å². The molecule has 0 radical (unpaired) electrons. The first-order valence-electron chi connectivity index (χ1n) is 8.91. The molecule has 10 heteroatoms. The molecule has 30 heavy (non-hydrogen) atoms. The normalized spacial score (nSPS) is 10.4. The highest BCUT2D eigenvalue weighted by molar-refractivity contribution is 9.10. The third-order valence-corrected chi connectivity index (χ3v) is 4.17. The Kier molecular flexibility index (Phi) is 8.82. The molecule has 0 heterocycles. The van der Waals surface area contributed by atoms with Crippen molar-refractivity contribution in [1.29, 1.82) is 0 Å². The summed E-state index contributed by atoms with van der Waals surface area (Å²) in [7, 11) is 1.45. The zero-order valence-electron chi connectivity index (χ0n) is 16.4. The second kappa shape index (κ2) is 11.6. The van der Waals surface area contributed by atoms with E-state index in [1.807, 2.05) is 18.2 Å². The van der Waals surface area contributed by atoms with E-state index in [4.69, 9.17) is 9.47 Å². The molecule has 2 aromatic carbocycles. The second-order valence-corrected chi connectivity index (χ2v) is 6.65. The maximum atomic E-state index is 12.1. The molecular formula is C20H21BrN4O5. The Hall–Kier alpha value is -3.40. The van der Waals surface area contributed by atoms with Crippen LogP contribution in [0, 0.1) is 0 Å². The molecule has 0 spiro atoms. The van der Waals surface area contributed by atoms with Gasteiger partial charge in [-0.05, 0) is 52.7 Å². The van der Waals surface area contributed by atoms with E-state index in [0.29, 0.717) is 33.8 Å². The molecule has 2 rings (SSSR count). The highest BCUT2D eigenvalue weighted by Crippen LogP contribution is 2.36. The average molecular weight is 477 g/mol. The number of carbonyl (C=O) groups excluding carboxylic acids is 3. The Labute approximate surface area is 182 Å². The third-order valence-electron chi connectivity index (χ3n) is 3.58. The topological polar surface area (TPSA) is 118 Å². The van der Waals surface area contributed by atoms with Crippen molar-refractivity contribution in [3.8, 4) is 11.5 Å². The predicted molar refractivity (Wildman–Crippen MR) is 116 cm³/mol. The molecule has 3 amide bonds. The molecule has 0 saturated carbocycles. The molecule has 0 unspecified atom stereocenters. The van der Waals surface area contributed by atoms with Crippen molar-refractivity contribution in [2.45, 2.75) is 6.92 Å². The number of carbonyl (C=O) groups is 3. The van der Waals surface area contributed by atoms with E-state index < -0.39 is 11.8 Å². The van der Waals surface area contributed by atoms with E-state index in [-0.39, 0.29) is 12.5 Å². The Morgan fingerprint density at radius 1 is 1.13 bits per heavy atom. The van der Waals surface area contributed by atoms with E-state index in [1.54, 1.807) is 31.2 Å². The second-order valence-electron chi connectivity index (χ2n) is 5.80. The van der Waals surface area contributed by atoms with Crippen LogP contribution in [-0.2, 0) is 14.4 Å². The van der Waals surface area contributed by atoms with Crippen LogP contribution in [0.5, 0.6) is 11.5 Å². The van der Waals surface area contributed by atoms with Crippen molar-refractivity contribution in [3.63, 3.8) is 0 Å². The van der Waals surface area contributed by atoms with Gasteiger partial charge in [-0.2, -0.15) is 5.10 Å². The number of anilines is 1. The molecule has 0 aromatic heterocycles. The minimum atomic E-state index is -0.872. The van der Waals surface area contributed by atoms with E-state index in [1.165, 1.54) is 13.3 Å². The summed E-state index contributed by atoms with van der Waals surface area (Å²) < 4.78 is 11.4. The van der Waals surface area contributed by atoms with Crippen molar-refractivity contribution >= 4 is 45.6 Å². The third kappa shape index (κ3) is 6.89. The van der Waals surface area contributed by atoms with Gasteiger partial charge in [-0.15, -0.1) is 0 Å². The van der Waals surface area contributed by atoms with Crippen LogP contribution in [0.2, 0.25) is 0 Å². The van der Waals surface area contributed by atoms with Gasteiger partial charge in [0, 0.05) is 12.2 Å². The number of halogens is 1. The van der Waals surface area contributed by atoms with Crippen LogP contribution in [0.3, 0.4) is 0 Å². The quantitative estimate of drug-likeness (QED) is 0.306. The smallest absolute Gasteiger partial charge is 0.329 e. The summed E-state index contributed by atoms with van der Waals surface area (Å²) in [5.74, 6) is -1.28. The van der Waals surface area contributed by atoms with Crippen LogP contribution in [-0.4, -0.2) is 44.2 Å². The van der Waals surface area contributed by atoms with Gasteiger partial charge in [-0.1, -0.05) is 18.2 Å². The first-order chi connectivity index (χ1) is 14.4. The number of hydrogen-bond donors (Lipinski definition) is 3. The Morgan fingerprint density at radius 3 is 2.53 bits per heavy atom. The van der Waals surface area contributed by atoms with E-state index in [2.05, 4.69) is 37.1 Å². The molecule has 0 aliphatic rings. The highest BCUT2D eigenvalue weighted by Gasteiger charge is 2.14. The Balaban J connectivity index is 2.01. The fourth-order valence-corrected chi connectivity index (χ4v) is 2.84. The van der Waals surface area contributed by atoms with Crippen molar-refractivity contribution in [2.24, 2.45) is 5.10 Å². The zero-order chi connectivity index (χ0) is 21.9. The number of amides is 3. The SMILES string of the molecule is CCNC(=O)C(=O)N/N=C\c1cc(Br)c(OCC(=O)Nc2ccccc2)c(OC)c1. The highest BCUT2D eigenvalue weighted by atomic mass is 79.9. The van der Waals surface area contributed by atoms with Gasteiger partial charge in [0.1, 0.15) is 0 Å². The number of hydrogen-bond acceptors (Lipinski definition) is 6. The van der Waals surface area contributed by atoms with Crippen LogP contribution in [0.4, 0.5) is 5.69 Å². The van der Waals surface area contributed by atoms with Crippen molar-refractivity contribution < 1.29 is 23.9 Å². The monoisotopic (exact) mass is 476 g/mol. The lowest BCUT2D eigenvalue weighted by molar-refractivity contribution is -0.139. The maximum Gasteiger partial charge on any atom is 0.329 e. The van der Waals surface area contributed by atoms with E-state index in [9.17, 15) is 14.4 Å². The van der Waals surface area contributed by atoms with E-state index in [0.717, 1.165) is 0 Å². The first kappa shape index (κ1) is 22.9. The molecule has 0 bridgehead atoms. The zero-order valence-corrected chi connectivity index (χ0v) is 18.0. The van der Waals surface area contributed by atoms with Gasteiger partial charge in [0.2, 0.25) is 0 Å². The molecule has 0 atom stereocenters. The van der Waals surface area contributed by atoms with Crippen molar-refractivity contribution in [1.82, 2.24) is 10.7 Å². The van der Waals surface area contributed by atoms with Gasteiger partial charge in [0.25, 0.3) is 5.91 Å². The van der Waals surface area contributed by atoms with Crippen LogP contribution < -0.4 is 25.5 Å².